The van der Waals surface area contributed by atoms with Crippen molar-refractivity contribution >= 4 is 46.2 Å². The van der Waals surface area contributed by atoms with Gasteiger partial charge in [-0.25, -0.2) is 0 Å². The van der Waals surface area contributed by atoms with Crippen LogP contribution in [0.1, 0.15) is 23.6 Å². The highest BCUT2D eigenvalue weighted by atomic mass is 35.5. The van der Waals surface area contributed by atoms with Crippen LogP contribution in [0.25, 0.3) is 0 Å². The summed E-state index contributed by atoms with van der Waals surface area (Å²) in [5.41, 5.74) is 4.02. The van der Waals surface area contributed by atoms with E-state index in [0.717, 1.165) is 22.5 Å². The Morgan fingerprint density at radius 3 is 2.45 bits per heavy atom. The molecule has 146 valence electrons. The monoisotopic (exact) mass is 423 g/mol. The van der Waals surface area contributed by atoms with E-state index in [0.29, 0.717) is 22.2 Å². The quantitative estimate of drug-likeness (QED) is 0.538. The molecule has 0 aromatic heterocycles. The first kappa shape index (κ1) is 19.5. The Morgan fingerprint density at radius 2 is 1.76 bits per heavy atom. The van der Waals surface area contributed by atoms with E-state index in [2.05, 4.69) is 10.4 Å². The van der Waals surface area contributed by atoms with Crippen LogP contribution < -0.4 is 10.3 Å². The van der Waals surface area contributed by atoms with Gasteiger partial charge in [0.25, 0.3) is 5.91 Å². The molecule has 3 aromatic rings. The van der Waals surface area contributed by atoms with E-state index < -0.39 is 0 Å². The van der Waals surface area contributed by atoms with Gasteiger partial charge in [-0.1, -0.05) is 59.6 Å². The molecule has 1 aliphatic heterocycles. The number of carbonyl (C=O) groups is 1. The van der Waals surface area contributed by atoms with Crippen molar-refractivity contribution in [3.05, 3.63) is 94.0 Å². The molecule has 1 aliphatic rings. The summed E-state index contributed by atoms with van der Waals surface area (Å²) < 4.78 is 0. The number of para-hydroxylation sites is 1. The number of benzene rings is 3. The molecule has 29 heavy (non-hydrogen) atoms. The number of hydrogen-bond acceptors (Lipinski definition) is 3. The molecule has 1 atom stereocenters. The Hall–Kier alpha value is -2.82. The fourth-order valence-electron chi connectivity index (χ4n) is 3.34. The Bertz CT molecular complexity index is 1070. The highest BCUT2D eigenvalue weighted by Gasteiger charge is 2.33. The first-order chi connectivity index (χ1) is 14.0. The second-order valence-electron chi connectivity index (χ2n) is 6.94. The summed E-state index contributed by atoms with van der Waals surface area (Å²) in [7, 11) is 0. The summed E-state index contributed by atoms with van der Waals surface area (Å²) in [6, 6.07) is 22.6. The lowest BCUT2D eigenvalue weighted by molar-refractivity contribution is -0.110. The summed E-state index contributed by atoms with van der Waals surface area (Å²) in [5.74, 6) is -0.221. The molecule has 0 radical (unpaired) electrons. The van der Waals surface area contributed by atoms with E-state index in [1.807, 2.05) is 84.7 Å². The third kappa shape index (κ3) is 4.29. The Kier molecular flexibility index (Phi) is 5.56. The van der Waals surface area contributed by atoms with Crippen molar-refractivity contribution in [1.82, 2.24) is 0 Å². The van der Waals surface area contributed by atoms with E-state index in [4.69, 9.17) is 23.2 Å². The Morgan fingerprint density at radius 1 is 1.03 bits per heavy atom. The molecule has 1 N–H and O–H groups in total. The van der Waals surface area contributed by atoms with Crippen LogP contribution in [-0.2, 0) is 4.79 Å². The van der Waals surface area contributed by atoms with Crippen LogP contribution in [0.5, 0.6) is 0 Å². The predicted octanol–water partition coefficient (Wildman–Crippen LogP) is 6.25. The standard InChI is InChI=1S/C23H19Cl2N3O/c1-15-7-12-21(19(25)13-15)28-22(16-8-10-17(24)11-9-16)14-20(27-28)23(29)26-18-5-3-2-4-6-18/h2-13,22H,14H2,1H3,(H,26,29). The predicted molar refractivity (Wildman–Crippen MR) is 120 cm³/mol. The maximum Gasteiger partial charge on any atom is 0.271 e. The van der Waals surface area contributed by atoms with Gasteiger partial charge in [0.15, 0.2) is 0 Å². The smallest absolute Gasteiger partial charge is 0.271 e. The van der Waals surface area contributed by atoms with E-state index in [1.54, 1.807) is 0 Å². The van der Waals surface area contributed by atoms with Gasteiger partial charge in [-0.2, -0.15) is 5.10 Å². The van der Waals surface area contributed by atoms with Crippen LogP contribution in [-0.4, -0.2) is 11.6 Å². The lowest BCUT2D eigenvalue weighted by Gasteiger charge is -2.25. The van der Waals surface area contributed by atoms with Gasteiger partial charge in [0, 0.05) is 17.1 Å². The first-order valence-electron chi connectivity index (χ1n) is 9.26. The number of hydrogen-bond donors (Lipinski definition) is 1. The largest absolute Gasteiger partial charge is 0.321 e. The molecule has 4 nitrogen and oxygen atoms in total. The van der Waals surface area contributed by atoms with Gasteiger partial charge in [-0.15, -0.1) is 0 Å². The molecule has 6 heteroatoms. The minimum atomic E-state index is -0.221. The third-order valence-electron chi connectivity index (χ3n) is 4.81. The van der Waals surface area contributed by atoms with Crippen molar-refractivity contribution in [1.29, 1.82) is 0 Å². The van der Waals surface area contributed by atoms with Crippen molar-refractivity contribution in [2.24, 2.45) is 5.10 Å². The molecular weight excluding hydrogens is 405 g/mol. The van der Waals surface area contributed by atoms with Crippen LogP contribution in [0.15, 0.2) is 77.9 Å². The summed E-state index contributed by atoms with van der Waals surface area (Å²) in [6.45, 7) is 1.98. The Balaban J connectivity index is 1.68. The first-order valence-corrected chi connectivity index (χ1v) is 10.0. The van der Waals surface area contributed by atoms with Gasteiger partial charge in [0.2, 0.25) is 0 Å². The zero-order valence-electron chi connectivity index (χ0n) is 15.8. The third-order valence-corrected chi connectivity index (χ3v) is 5.36. The highest BCUT2D eigenvalue weighted by molar-refractivity contribution is 6.44. The minimum Gasteiger partial charge on any atom is -0.321 e. The molecule has 0 saturated carbocycles. The molecule has 3 aromatic carbocycles. The fraction of sp³-hybridized carbons (Fsp3) is 0.130. The topological polar surface area (TPSA) is 44.7 Å². The van der Waals surface area contributed by atoms with Gasteiger partial charge in [0.1, 0.15) is 5.71 Å². The normalized spacial score (nSPS) is 15.9. The van der Waals surface area contributed by atoms with Gasteiger partial charge in [-0.05, 0) is 54.4 Å². The summed E-state index contributed by atoms with van der Waals surface area (Å²) in [5, 5.41) is 10.6. The molecule has 4 rings (SSSR count). The number of amides is 1. The SMILES string of the molecule is Cc1ccc(N2N=C(C(=O)Nc3ccccc3)CC2c2ccc(Cl)cc2)c(Cl)c1. The molecule has 1 amide bonds. The second kappa shape index (κ2) is 8.27. The average molecular weight is 424 g/mol. The molecule has 0 spiro atoms. The van der Waals surface area contributed by atoms with Crippen molar-refractivity contribution < 1.29 is 4.79 Å². The number of rotatable bonds is 4. The molecule has 0 bridgehead atoms. The summed E-state index contributed by atoms with van der Waals surface area (Å²) in [6.07, 6.45) is 0.463. The zero-order chi connectivity index (χ0) is 20.4. The maximum absolute atomic E-state index is 12.8. The van der Waals surface area contributed by atoms with Crippen LogP contribution in [0.3, 0.4) is 0 Å². The van der Waals surface area contributed by atoms with Crippen molar-refractivity contribution in [3.8, 4) is 0 Å². The molecule has 1 heterocycles. The highest BCUT2D eigenvalue weighted by Crippen LogP contribution is 2.39. The number of nitrogens with zero attached hydrogens (tertiary/aromatic N) is 2. The number of hydrazone groups is 1. The molecule has 0 saturated heterocycles. The summed E-state index contributed by atoms with van der Waals surface area (Å²) in [4.78, 5) is 12.8. The number of carbonyl (C=O) groups excluding carboxylic acids is 1. The number of aryl methyl sites for hydroxylation is 1. The second-order valence-corrected chi connectivity index (χ2v) is 7.78. The molecule has 0 aliphatic carbocycles. The van der Waals surface area contributed by atoms with E-state index >= 15 is 0 Å². The van der Waals surface area contributed by atoms with E-state index in [-0.39, 0.29) is 11.9 Å². The van der Waals surface area contributed by atoms with Gasteiger partial charge < -0.3 is 5.32 Å². The minimum absolute atomic E-state index is 0.149. The lowest BCUT2D eigenvalue weighted by atomic mass is 10.0. The zero-order valence-corrected chi connectivity index (χ0v) is 17.3. The lowest BCUT2D eigenvalue weighted by Crippen LogP contribution is -2.21. The van der Waals surface area contributed by atoms with Gasteiger partial charge >= 0.3 is 0 Å². The fourth-order valence-corrected chi connectivity index (χ4v) is 3.78. The van der Waals surface area contributed by atoms with Gasteiger partial charge in [0.05, 0.1) is 16.8 Å². The number of anilines is 2. The summed E-state index contributed by atoms with van der Waals surface area (Å²) >= 11 is 12.6. The van der Waals surface area contributed by atoms with Crippen molar-refractivity contribution in [3.63, 3.8) is 0 Å². The van der Waals surface area contributed by atoms with Gasteiger partial charge in [-0.3, -0.25) is 9.80 Å². The average Bonchev–Trinajstić information content (AvgIpc) is 3.14. The van der Waals surface area contributed by atoms with Crippen LogP contribution in [0, 0.1) is 6.92 Å². The molecular formula is C23H19Cl2N3O. The molecule has 0 fully saturated rings. The number of nitrogens with one attached hydrogen (secondary N) is 1. The van der Waals surface area contributed by atoms with Crippen molar-refractivity contribution in [2.75, 3.05) is 10.3 Å². The van der Waals surface area contributed by atoms with Crippen LogP contribution >= 0.6 is 23.2 Å². The van der Waals surface area contributed by atoms with E-state index in [1.165, 1.54) is 0 Å². The number of halogens is 2. The maximum atomic E-state index is 12.8. The van der Waals surface area contributed by atoms with Crippen LogP contribution in [0.4, 0.5) is 11.4 Å². The van der Waals surface area contributed by atoms with Crippen molar-refractivity contribution in [2.45, 2.75) is 19.4 Å². The van der Waals surface area contributed by atoms with E-state index in [9.17, 15) is 4.79 Å². The van der Waals surface area contributed by atoms with Crippen LogP contribution in [0.2, 0.25) is 10.0 Å². The molecule has 1 unspecified atom stereocenters. The Labute approximate surface area is 179 Å².